The first-order chi connectivity index (χ1) is 22.7. The van der Waals surface area contributed by atoms with Gasteiger partial charge in [0.1, 0.15) is 0 Å². The van der Waals surface area contributed by atoms with Gasteiger partial charge in [0, 0.05) is 34.3 Å². The first-order valence-electron chi connectivity index (χ1n) is 14.7. The molecule has 212 valence electrons. The Morgan fingerprint density at radius 2 is 0.978 bits per heavy atom. The molecule has 0 aliphatic carbocycles. The maximum absolute atomic E-state index is 9.20. The van der Waals surface area contributed by atoms with Crippen LogP contribution in [0.15, 0.2) is 134 Å². The Morgan fingerprint density at radius 3 is 1.43 bits per heavy atom. The molecule has 0 fully saturated rings. The molecule has 0 bridgehead atoms. The summed E-state index contributed by atoms with van der Waals surface area (Å²) in [6, 6.07) is 41.6. The molecule has 0 unspecified atom stereocenters. The summed E-state index contributed by atoms with van der Waals surface area (Å²) < 4.78 is 0. The number of fused-ring (bicyclic) bond motifs is 3. The molecule has 0 atom stereocenters. The Balaban J connectivity index is 1.19. The highest BCUT2D eigenvalue weighted by atomic mass is 14.8. The summed E-state index contributed by atoms with van der Waals surface area (Å²) in [5, 5.41) is 13.3. The fourth-order valence-corrected chi connectivity index (χ4v) is 5.97. The highest BCUT2D eigenvalue weighted by Gasteiger charge is 2.15. The second-order valence-corrected chi connectivity index (χ2v) is 10.9. The standard InChI is InChI=1S/C40H22N6/c1-42-28-16-14-27(15-17-28)34-24-44-40(32-9-5-3-7-30(32)34)38-21-19-35-36(46-38)18-20-37(45-35)39-31-8-4-2-6-29(31)33(23-43-39)26-12-10-25(22-41)11-13-26/h2-21,23-24H. The quantitative estimate of drug-likeness (QED) is 0.192. The molecule has 8 rings (SSSR count). The van der Waals surface area contributed by atoms with Crippen LogP contribution >= 0.6 is 0 Å². The smallest absolute Gasteiger partial charge is 0.187 e. The van der Waals surface area contributed by atoms with Gasteiger partial charge in [0.05, 0.1) is 52.0 Å². The number of aromatic nitrogens is 4. The predicted molar refractivity (Wildman–Crippen MR) is 183 cm³/mol. The van der Waals surface area contributed by atoms with Crippen LogP contribution in [-0.4, -0.2) is 19.9 Å². The molecule has 6 nitrogen and oxygen atoms in total. The molecule has 4 aromatic heterocycles. The lowest BCUT2D eigenvalue weighted by molar-refractivity contribution is 1.27. The van der Waals surface area contributed by atoms with Crippen molar-refractivity contribution >= 4 is 38.3 Å². The lowest BCUT2D eigenvalue weighted by Gasteiger charge is -2.12. The summed E-state index contributed by atoms with van der Waals surface area (Å²) in [6.45, 7) is 7.26. The van der Waals surface area contributed by atoms with Crippen LogP contribution in [0.3, 0.4) is 0 Å². The third-order valence-electron chi connectivity index (χ3n) is 8.25. The second-order valence-electron chi connectivity index (χ2n) is 10.9. The maximum Gasteiger partial charge on any atom is 0.187 e. The Bertz CT molecular complexity index is 2360. The van der Waals surface area contributed by atoms with Crippen molar-refractivity contribution in [3.63, 3.8) is 0 Å². The van der Waals surface area contributed by atoms with Crippen LogP contribution in [0.5, 0.6) is 0 Å². The largest absolute Gasteiger partial charge is 0.253 e. The van der Waals surface area contributed by atoms with E-state index in [-0.39, 0.29) is 0 Å². The summed E-state index contributed by atoms with van der Waals surface area (Å²) in [5.74, 6) is 0. The van der Waals surface area contributed by atoms with E-state index in [0.29, 0.717) is 11.3 Å². The summed E-state index contributed by atoms with van der Waals surface area (Å²) >= 11 is 0. The molecule has 46 heavy (non-hydrogen) atoms. The third-order valence-corrected chi connectivity index (χ3v) is 8.25. The zero-order chi connectivity index (χ0) is 31.0. The average molecular weight is 587 g/mol. The number of hydrogen-bond acceptors (Lipinski definition) is 5. The lowest BCUT2D eigenvalue weighted by atomic mass is 9.97. The van der Waals surface area contributed by atoms with Crippen molar-refractivity contribution in [1.29, 1.82) is 5.26 Å². The minimum Gasteiger partial charge on any atom is -0.253 e. The monoisotopic (exact) mass is 586 g/mol. The molecule has 4 aromatic carbocycles. The van der Waals surface area contributed by atoms with E-state index in [2.05, 4.69) is 35.2 Å². The molecule has 6 heteroatoms. The second kappa shape index (κ2) is 11.1. The molecule has 0 spiro atoms. The topological polar surface area (TPSA) is 79.7 Å². The normalized spacial score (nSPS) is 11.0. The first-order valence-corrected chi connectivity index (χ1v) is 14.7. The average Bonchev–Trinajstić information content (AvgIpc) is 3.13. The van der Waals surface area contributed by atoms with Gasteiger partial charge in [-0.3, -0.25) is 9.97 Å². The fourth-order valence-electron chi connectivity index (χ4n) is 5.97. The highest BCUT2D eigenvalue weighted by Crippen LogP contribution is 2.36. The molecule has 0 amide bonds. The third kappa shape index (κ3) is 4.59. The summed E-state index contributed by atoms with van der Waals surface area (Å²) in [6.07, 6.45) is 3.77. The van der Waals surface area contributed by atoms with E-state index < -0.39 is 0 Å². The van der Waals surface area contributed by atoms with E-state index in [0.717, 1.165) is 77.6 Å². The van der Waals surface area contributed by atoms with Crippen LogP contribution in [-0.2, 0) is 0 Å². The van der Waals surface area contributed by atoms with E-state index >= 15 is 0 Å². The van der Waals surface area contributed by atoms with Gasteiger partial charge >= 0.3 is 0 Å². The van der Waals surface area contributed by atoms with Crippen LogP contribution in [0, 0.1) is 17.9 Å². The Hall–Kier alpha value is -6.76. The van der Waals surface area contributed by atoms with Gasteiger partial charge in [0.15, 0.2) is 5.69 Å². The number of hydrogen-bond donors (Lipinski definition) is 0. The molecule has 0 N–H and O–H groups in total. The molecule has 0 saturated heterocycles. The van der Waals surface area contributed by atoms with E-state index in [1.54, 1.807) is 0 Å². The van der Waals surface area contributed by atoms with E-state index in [4.69, 9.17) is 26.5 Å². The maximum atomic E-state index is 9.20. The summed E-state index contributed by atoms with van der Waals surface area (Å²) in [5.41, 5.74) is 9.93. The van der Waals surface area contributed by atoms with E-state index in [1.807, 2.05) is 109 Å². The Morgan fingerprint density at radius 1 is 0.522 bits per heavy atom. The molecule has 0 aliphatic rings. The fraction of sp³-hybridized carbons (Fsp3) is 0. The molecule has 0 aliphatic heterocycles. The van der Waals surface area contributed by atoms with Crippen molar-refractivity contribution in [2.75, 3.05) is 0 Å². The molecule has 8 aromatic rings. The number of benzene rings is 4. The Labute approximate surface area is 264 Å². The highest BCUT2D eigenvalue weighted by molar-refractivity contribution is 6.04. The van der Waals surface area contributed by atoms with Crippen LogP contribution in [0.4, 0.5) is 5.69 Å². The molecule has 4 heterocycles. The van der Waals surface area contributed by atoms with Gasteiger partial charge < -0.3 is 0 Å². The van der Waals surface area contributed by atoms with E-state index in [9.17, 15) is 5.26 Å². The van der Waals surface area contributed by atoms with Crippen molar-refractivity contribution < 1.29 is 0 Å². The van der Waals surface area contributed by atoms with Gasteiger partial charge in [-0.2, -0.15) is 5.26 Å². The number of pyridine rings is 4. The van der Waals surface area contributed by atoms with Crippen LogP contribution in [0.2, 0.25) is 0 Å². The molecule has 0 radical (unpaired) electrons. The number of nitrogens with zero attached hydrogens (tertiary/aromatic N) is 6. The van der Waals surface area contributed by atoms with Gasteiger partial charge in [0.25, 0.3) is 0 Å². The van der Waals surface area contributed by atoms with Crippen molar-refractivity contribution in [2.24, 2.45) is 0 Å². The van der Waals surface area contributed by atoms with Crippen LogP contribution in [0.1, 0.15) is 5.56 Å². The number of nitriles is 1. The Kier molecular flexibility index (Phi) is 6.45. The first kappa shape index (κ1) is 26.8. The van der Waals surface area contributed by atoms with Gasteiger partial charge in [-0.15, -0.1) is 0 Å². The van der Waals surface area contributed by atoms with E-state index in [1.165, 1.54) is 0 Å². The van der Waals surface area contributed by atoms with Gasteiger partial charge in [-0.1, -0.05) is 84.9 Å². The van der Waals surface area contributed by atoms with Crippen molar-refractivity contribution in [3.8, 4) is 51.1 Å². The minimum atomic E-state index is 0.610. The lowest BCUT2D eigenvalue weighted by Crippen LogP contribution is -1.95. The summed E-state index contributed by atoms with van der Waals surface area (Å²) in [7, 11) is 0. The SMILES string of the molecule is [C-]#[N+]c1ccc(-c2cnc(-c3ccc4nc(-c5ncc(-c6ccc(C#N)cc6)c6ccccc56)ccc4n3)c3ccccc23)cc1. The van der Waals surface area contributed by atoms with Gasteiger partial charge in [-0.25, -0.2) is 14.8 Å². The zero-order valence-corrected chi connectivity index (χ0v) is 24.4. The molecular formula is C40H22N6. The number of rotatable bonds is 4. The van der Waals surface area contributed by atoms with Crippen molar-refractivity contribution in [2.45, 2.75) is 0 Å². The zero-order valence-electron chi connectivity index (χ0n) is 24.4. The predicted octanol–water partition coefficient (Wildman–Crippen LogP) is 9.82. The van der Waals surface area contributed by atoms with Gasteiger partial charge in [0.2, 0.25) is 0 Å². The van der Waals surface area contributed by atoms with Crippen LogP contribution < -0.4 is 0 Å². The summed E-state index contributed by atoms with van der Waals surface area (Å²) in [4.78, 5) is 23.2. The minimum absolute atomic E-state index is 0.610. The molecule has 0 saturated carbocycles. The molecular weight excluding hydrogens is 564 g/mol. The van der Waals surface area contributed by atoms with Crippen molar-refractivity contribution in [3.05, 3.63) is 151 Å². The van der Waals surface area contributed by atoms with Crippen molar-refractivity contribution in [1.82, 2.24) is 19.9 Å². The van der Waals surface area contributed by atoms with Crippen LogP contribution in [0.25, 0.3) is 82.5 Å². The van der Waals surface area contributed by atoms with Gasteiger partial charge in [-0.05, 0) is 58.3 Å².